The van der Waals surface area contributed by atoms with Gasteiger partial charge in [0.05, 0.1) is 6.61 Å². The Labute approximate surface area is 198 Å². The highest BCUT2D eigenvalue weighted by Gasteiger charge is 2.45. The van der Waals surface area contributed by atoms with Crippen molar-refractivity contribution in [3.63, 3.8) is 0 Å². The minimum atomic E-state index is -1.35. The summed E-state index contributed by atoms with van der Waals surface area (Å²) in [4.78, 5) is 25.1. The largest absolute Gasteiger partial charge is 0.423 e. The van der Waals surface area contributed by atoms with E-state index >= 15 is 0 Å². The smallest absolute Gasteiger partial charge is 0.340 e. The van der Waals surface area contributed by atoms with Gasteiger partial charge in [-0.2, -0.15) is 0 Å². The number of anilines is 1. The van der Waals surface area contributed by atoms with E-state index in [9.17, 15) is 20.1 Å². The van der Waals surface area contributed by atoms with E-state index in [1.807, 2.05) is 6.07 Å². The second kappa shape index (κ2) is 8.66. The fourth-order valence-corrected chi connectivity index (χ4v) is 5.06. The molecule has 1 aromatic carbocycles. The first-order valence-electron chi connectivity index (χ1n) is 9.83. The van der Waals surface area contributed by atoms with Crippen molar-refractivity contribution in [3.8, 4) is 0 Å². The Hall–Kier alpha value is -2.55. The highest BCUT2D eigenvalue weighted by atomic mass is 79.9. The number of ether oxygens (including phenoxy) is 1. The Bertz CT molecular complexity index is 1410. The summed E-state index contributed by atoms with van der Waals surface area (Å²) in [7, 11) is 0. The van der Waals surface area contributed by atoms with E-state index in [2.05, 4.69) is 30.9 Å². The molecule has 4 atom stereocenters. The quantitative estimate of drug-likeness (QED) is 0.213. The third kappa shape index (κ3) is 3.90. The Morgan fingerprint density at radius 2 is 2.03 bits per heavy atom. The number of fused-ring (bicyclic) bond motifs is 2. The standard InChI is InChI=1S/C20H18BrN5O6S/c21-10-1-2-11-8(4-10)3-9(19(30)32-11)6-33-20-25-13-16(22)23-7-24-17(13)26(20)18-15(29)14(28)12(5-27)31-18/h1-4,7,12,14-15,18,27-29H,5-6H2,(H2,22,23,24)/t12-,14-,15-,18-/m1/s1. The number of halogens is 1. The molecule has 0 spiro atoms. The van der Waals surface area contributed by atoms with Crippen molar-refractivity contribution in [2.45, 2.75) is 35.4 Å². The van der Waals surface area contributed by atoms with E-state index in [0.29, 0.717) is 16.3 Å². The van der Waals surface area contributed by atoms with Gasteiger partial charge in [0.15, 0.2) is 28.4 Å². The summed E-state index contributed by atoms with van der Waals surface area (Å²) >= 11 is 4.59. The Morgan fingerprint density at radius 1 is 1.21 bits per heavy atom. The molecule has 0 radical (unpaired) electrons. The van der Waals surface area contributed by atoms with Crippen LogP contribution in [0.25, 0.3) is 22.1 Å². The first-order valence-corrected chi connectivity index (χ1v) is 11.6. The monoisotopic (exact) mass is 535 g/mol. The fourth-order valence-electron chi connectivity index (χ4n) is 3.71. The molecule has 0 unspecified atom stereocenters. The Kier molecular flexibility index (Phi) is 5.84. The third-order valence-corrected chi connectivity index (χ3v) is 6.86. The second-order valence-electron chi connectivity index (χ2n) is 7.45. The van der Waals surface area contributed by atoms with Gasteiger partial charge in [0, 0.05) is 21.2 Å². The van der Waals surface area contributed by atoms with Crippen LogP contribution in [0.15, 0.2) is 49.4 Å². The molecule has 0 saturated carbocycles. The predicted molar refractivity (Wildman–Crippen MR) is 122 cm³/mol. The van der Waals surface area contributed by atoms with Gasteiger partial charge in [-0.05, 0) is 24.3 Å². The highest BCUT2D eigenvalue weighted by molar-refractivity contribution is 9.10. The van der Waals surface area contributed by atoms with E-state index in [4.69, 9.17) is 14.9 Å². The summed E-state index contributed by atoms with van der Waals surface area (Å²) in [6.07, 6.45) is -3.46. The zero-order chi connectivity index (χ0) is 23.3. The van der Waals surface area contributed by atoms with Gasteiger partial charge in [-0.25, -0.2) is 19.7 Å². The minimum absolute atomic E-state index is 0.127. The fraction of sp³-hybridized carbons (Fsp3) is 0.300. The molecule has 1 saturated heterocycles. The van der Waals surface area contributed by atoms with Gasteiger partial charge in [0.2, 0.25) is 0 Å². The van der Waals surface area contributed by atoms with Crippen molar-refractivity contribution in [2.24, 2.45) is 0 Å². The van der Waals surface area contributed by atoms with Crippen molar-refractivity contribution in [3.05, 3.63) is 51.0 Å². The van der Waals surface area contributed by atoms with Crippen molar-refractivity contribution in [2.75, 3.05) is 12.3 Å². The lowest BCUT2D eigenvalue weighted by molar-refractivity contribution is -0.0548. The number of imidazole rings is 1. The molecule has 1 aliphatic heterocycles. The molecule has 172 valence electrons. The van der Waals surface area contributed by atoms with Crippen LogP contribution in [0.3, 0.4) is 0 Å². The summed E-state index contributed by atoms with van der Waals surface area (Å²) < 4.78 is 13.4. The summed E-state index contributed by atoms with van der Waals surface area (Å²) in [5.74, 6) is 0.318. The molecule has 33 heavy (non-hydrogen) atoms. The third-order valence-electron chi connectivity index (χ3n) is 5.37. The summed E-state index contributed by atoms with van der Waals surface area (Å²) in [5, 5.41) is 31.3. The predicted octanol–water partition coefficient (Wildman–Crippen LogP) is 1.18. The average molecular weight is 536 g/mol. The maximum Gasteiger partial charge on any atom is 0.340 e. The number of nitrogen functional groups attached to an aromatic ring is 1. The van der Waals surface area contributed by atoms with Crippen molar-refractivity contribution < 1.29 is 24.5 Å². The molecule has 1 fully saturated rings. The highest BCUT2D eigenvalue weighted by Crippen LogP contribution is 2.37. The summed E-state index contributed by atoms with van der Waals surface area (Å²) in [6, 6.07) is 7.08. The number of rotatable bonds is 5. The van der Waals surface area contributed by atoms with E-state index in [-0.39, 0.29) is 22.7 Å². The van der Waals surface area contributed by atoms with Gasteiger partial charge in [0.1, 0.15) is 30.2 Å². The number of nitrogens with two attached hydrogens (primary N) is 1. The van der Waals surface area contributed by atoms with Crippen molar-refractivity contribution in [1.82, 2.24) is 19.5 Å². The maximum atomic E-state index is 12.5. The van der Waals surface area contributed by atoms with Gasteiger partial charge in [-0.1, -0.05) is 27.7 Å². The molecule has 0 amide bonds. The lowest BCUT2D eigenvalue weighted by atomic mass is 10.1. The van der Waals surface area contributed by atoms with Gasteiger partial charge in [0.25, 0.3) is 0 Å². The molecule has 5 N–H and O–H groups in total. The number of aliphatic hydroxyl groups excluding tert-OH is 3. The lowest BCUT2D eigenvalue weighted by Gasteiger charge is -2.19. The van der Waals surface area contributed by atoms with Crippen LogP contribution >= 0.6 is 27.7 Å². The summed E-state index contributed by atoms with van der Waals surface area (Å²) in [6.45, 7) is -0.478. The number of aromatic nitrogens is 4. The van der Waals surface area contributed by atoms with Crippen LogP contribution in [-0.2, 0) is 10.5 Å². The number of hydrogen-bond donors (Lipinski definition) is 4. The first kappa shape index (κ1) is 22.3. The molecule has 13 heteroatoms. The zero-order valence-corrected chi connectivity index (χ0v) is 19.2. The van der Waals surface area contributed by atoms with Crippen LogP contribution in [-0.4, -0.2) is 59.8 Å². The van der Waals surface area contributed by atoms with Crippen LogP contribution in [0.2, 0.25) is 0 Å². The Morgan fingerprint density at radius 3 is 2.79 bits per heavy atom. The SMILES string of the molecule is Nc1ncnc2c1nc(SCc1cc3cc(Br)ccc3oc1=O)n2[C@@H]1O[C@H](CO)[C@@H](O)[C@H]1O. The molecule has 11 nitrogen and oxygen atoms in total. The topological polar surface area (TPSA) is 170 Å². The molecular weight excluding hydrogens is 518 g/mol. The molecule has 4 heterocycles. The second-order valence-corrected chi connectivity index (χ2v) is 9.31. The molecular formula is C20H18BrN5O6S. The molecule has 5 rings (SSSR count). The number of nitrogens with zero attached hydrogens (tertiary/aromatic N) is 4. The minimum Gasteiger partial charge on any atom is -0.423 e. The van der Waals surface area contributed by atoms with E-state index in [1.54, 1.807) is 18.2 Å². The van der Waals surface area contributed by atoms with Gasteiger partial charge in [-0.3, -0.25) is 4.57 Å². The number of benzene rings is 1. The van der Waals surface area contributed by atoms with Crippen LogP contribution in [0.1, 0.15) is 11.8 Å². The van der Waals surface area contributed by atoms with E-state index < -0.39 is 36.8 Å². The van der Waals surface area contributed by atoms with Gasteiger partial charge in [-0.15, -0.1) is 0 Å². The van der Waals surface area contributed by atoms with Crippen LogP contribution < -0.4 is 11.4 Å². The molecule has 0 aliphatic carbocycles. The number of hydrogen-bond acceptors (Lipinski definition) is 11. The number of aliphatic hydroxyl groups is 3. The Balaban J connectivity index is 1.54. The molecule has 0 bridgehead atoms. The van der Waals surface area contributed by atoms with Crippen LogP contribution in [0, 0.1) is 0 Å². The van der Waals surface area contributed by atoms with Crippen molar-refractivity contribution >= 4 is 55.6 Å². The average Bonchev–Trinajstić information content (AvgIpc) is 3.30. The normalized spacial score (nSPS) is 23.0. The summed E-state index contributed by atoms with van der Waals surface area (Å²) in [5.41, 5.74) is 6.93. The van der Waals surface area contributed by atoms with Crippen molar-refractivity contribution in [1.29, 1.82) is 0 Å². The molecule has 3 aromatic heterocycles. The van der Waals surface area contributed by atoms with E-state index in [1.165, 1.54) is 22.7 Å². The maximum absolute atomic E-state index is 12.5. The number of thioether (sulfide) groups is 1. The molecule has 1 aliphatic rings. The zero-order valence-electron chi connectivity index (χ0n) is 16.8. The molecule has 4 aromatic rings. The van der Waals surface area contributed by atoms with E-state index in [0.717, 1.165) is 9.86 Å². The van der Waals surface area contributed by atoms with Crippen LogP contribution in [0.4, 0.5) is 5.82 Å². The van der Waals surface area contributed by atoms with Gasteiger partial charge < -0.3 is 30.2 Å². The van der Waals surface area contributed by atoms with Gasteiger partial charge >= 0.3 is 5.63 Å². The lowest BCUT2D eigenvalue weighted by Crippen LogP contribution is -2.33. The van der Waals surface area contributed by atoms with Crippen LogP contribution in [0.5, 0.6) is 0 Å². The first-order chi connectivity index (χ1) is 15.9.